The van der Waals surface area contributed by atoms with Crippen LogP contribution in [0.15, 0.2) is 12.7 Å². The average molecular weight is 485 g/mol. The molecule has 1 fully saturated rings. The van der Waals surface area contributed by atoms with E-state index in [2.05, 4.69) is 23.6 Å². The summed E-state index contributed by atoms with van der Waals surface area (Å²) in [6, 6.07) is 0. The number of phosphoric acid groups is 2. The lowest BCUT2D eigenvalue weighted by Gasteiger charge is -2.29. The summed E-state index contributed by atoms with van der Waals surface area (Å²) in [5.41, 5.74) is 6.36. The monoisotopic (exact) mass is 485 g/mol. The van der Waals surface area contributed by atoms with Gasteiger partial charge in [-0.3, -0.25) is 4.57 Å². The Kier molecular flexibility index (Phi) is 6.55. The fraction of sp³-hybridized carbons (Fsp3) is 0.500. The number of aliphatic hydroxyl groups excluding tert-OH is 1. The number of ether oxygens (including phenoxy) is 1. The van der Waals surface area contributed by atoms with Gasteiger partial charge < -0.3 is 46.9 Å². The SMILES string of the molecule is [B-][P@](=O)(OC[C@H]1O[C@@H](n2cnc3c(N)ncnc32)C[C@@H]1O)OP(=O)(O)OP(=O)(O)O. The first kappa shape index (κ1) is 23.4. The third kappa shape index (κ3) is 5.72. The first-order valence-electron chi connectivity index (χ1n) is 7.87. The summed E-state index contributed by atoms with van der Waals surface area (Å²) in [6.45, 7) is -0.662. The Bertz CT molecular complexity index is 1080. The van der Waals surface area contributed by atoms with Gasteiger partial charge in [-0.05, 0) is 0 Å². The zero-order valence-corrected chi connectivity index (χ0v) is 17.4. The number of aromatic nitrogens is 4. The van der Waals surface area contributed by atoms with E-state index < -0.39 is 48.2 Å². The Morgan fingerprint density at radius 2 is 1.93 bits per heavy atom. The van der Waals surface area contributed by atoms with Gasteiger partial charge in [0.15, 0.2) is 11.5 Å². The summed E-state index contributed by atoms with van der Waals surface area (Å²) in [6.07, 6.45) is -0.385. The van der Waals surface area contributed by atoms with Crippen molar-refractivity contribution in [2.45, 2.75) is 24.9 Å². The molecule has 1 aliphatic rings. The highest BCUT2D eigenvalue weighted by Gasteiger charge is 2.38. The Labute approximate surface area is 169 Å². The van der Waals surface area contributed by atoms with Crippen LogP contribution >= 0.6 is 23.1 Å². The van der Waals surface area contributed by atoms with Crippen LogP contribution in [-0.4, -0.2) is 65.7 Å². The highest BCUT2D eigenvalue weighted by atomic mass is 31.3. The van der Waals surface area contributed by atoms with Crippen molar-refractivity contribution in [2.24, 2.45) is 0 Å². The number of nitrogen functional groups attached to an aromatic ring is 1. The maximum absolute atomic E-state index is 12.0. The van der Waals surface area contributed by atoms with E-state index >= 15 is 0 Å². The normalized spacial score (nSPS) is 26.5. The van der Waals surface area contributed by atoms with Crippen LogP contribution in [0.3, 0.4) is 0 Å². The molecule has 0 spiro atoms. The second-order valence-electron chi connectivity index (χ2n) is 5.97. The molecule has 1 aliphatic heterocycles. The van der Waals surface area contributed by atoms with Crippen LogP contribution in [0.1, 0.15) is 12.6 Å². The van der Waals surface area contributed by atoms with Crippen LogP contribution in [-0.2, 0) is 31.6 Å². The molecule has 5 atom stereocenters. The quantitative estimate of drug-likeness (QED) is 0.236. The zero-order chi connectivity index (χ0) is 22.3. The summed E-state index contributed by atoms with van der Waals surface area (Å²) in [4.78, 5) is 38.2. The van der Waals surface area contributed by atoms with Crippen molar-refractivity contribution in [1.82, 2.24) is 19.5 Å². The second-order valence-corrected chi connectivity index (χ2v) is 10.5. The number of hydrogen-bond acceptors (Lipinski definition) is 12. The predicted octanol–water partition coefficient (Wildman–Crippen LogP) is -0.424. The second kappa shape index (κ2) is 8.38. The Morgan fingerprint density at radius 3 is 2.60 bits per heavy atom. The molecule has 165 valence electrons. The van der Waals surface area contributed by atoms with E-state index in [0.29, 0.717) is 11.2 Å². The van der Waals surface area contributed by atoms with E-state index in [1.165, 1.54) is 17.2 Å². The minimum Gasteiger partial charge on any atom is -0.443 e. The third-order valence-corrected chi connectivity index (χ3v) is 7.67. The number of nitrogens with zero attached hydrogens (tertiary/aromatic N) is 4. The van der Waals surface area contributed by atoms with Gasteiger partial charge >= 0.3 is 15.6 Å². The van der Waals surface area contributed by atoms with E-state index in [1.54, 1.807) is 0 Å². The summed E-state index contributed by atoms with van der Waals surface area (Å²) < 4.78 is 53.3. The molecule has 3 heterocycles. The highest BCUT2D eigenvalue weighted by molar-refractivity contribution is 7.84. The van der Waals surface area contributed by atoms with Gasteiger partial charge in [-0.25, -0.2) is 28.4 Å². The van der Waals surface area contributed by atoms with Crippen molar-refractivity contribution < 1.29 is 51.4 Å². The van der Waals surface area contributed by atoms with E-state index in [1.807, 2.05) is 0 Å². The van der Waals surface area contributed by atoms with Gasteiger partial charge in [0.05, 0.1) is 26.5 Å². The predicted molar refractivity (Wildman–Crippen MR) is 97.6 cm³/mol. The van der Waals surface area contributed by atoms with Crippen LogP contribution < -0.4 is 5.73 Å². The van der Waals surface area contributed by atoms with Crippen molar-refractivity contribution in [3.8, 4) is 0 Å². The third-order valence-electron chi connectivity index (χ3n) is 3.75. The van der Waals surface area contributed by atoms with Crippen LogP contribution in [0, 0.1) is 0 Å². The molecule has 2 aromatic heterocycles. The molecular weight excluding hydrogens is 470 g/mol. The lowest BCUT2D eigenvalue weighted by molar-refractivity contribution is -0.0388. The molecule has 0 bridgehead atoms. The van der Waals surface area contributed by atoms with Crippen molar-refractivity contribution in [2.75, 3.05) is 12.3 Å². The van der Waals surface area contributed by atoms with E-state index in [4.69, 9.17) is 32.3 Å². The Hall–Kier alpha value is -1.22. The van der Waals surface area contributed by atoms with Gasteiger partial charge in [-0.15, -0.1) is 0 Å². The largest absolute Gasteiger partial charge is 0.485 e. The van der Waals surface area contributed by atoms with Crippen LogP contribution in [0.2, 0.25) is 0 Å². The number of anilines is 1. The van der Waals surface area contributed by atoms with Gasteiger partial charge in [-0.2, -0.15) is 4.31 Å². The van der Waals surface area contributed by atoms with Crippen molar-refractivity contribution in [3.63, 3.8) is 0 Å². The maximum atomic E-state index is 12.0. The van der Waals surface area contributed by atoms with Gasteiger partial charge in [0.1, 0.15) is 24.2 Å². The van der Waals surface area contributed by atoms with Gasteiger partial charge in [0.25, 0.3) is 0 Å². The minimum atomic E-state index is -5.51. The molecule has 1 unspecified atom stereocenters. The molecule has 0 aliphatic carbocycles. The van der Waals surface area contributed by atoms with Gasteiger partial charge in [-0.1, -0.05) is 0 Å². The average Bonchev–Trinajstić information content (AvgIpc) is 3.14. The van der Waals surface area contributed by atoms with Gasteiger partial charge in [0.2, 0.25) is 0 Å². The molecule has 2 aromatic rings. The molecule has 6 N–H and O–H groups in total. The summed E-state index contributed by atoms with van der Waals surface area (Å²) in [5.74, 6) is 0.143. The molecular formula is C10H15BN5O11P3-. The number of rotatable bonds is 8. The molecule has 3 radical (unpaired) electrons. The first-order chi connectivity index (χ1) is 13.8. The molecule has 0 saturated carbocycles. The Morgan fingerprint density at radius 1 is 1.23 bits per heavy atom. The van der Waals surface area contributed by atoms with Gasteiger partial charge in [0, 0.05) is 6.42 Å². The molecule has 0 amide bonds. The summed E-state index contributed by atoms with van der Waals surface area (Å²) in [7, 11) is -10.7. The number of aliphatic hydroxyl groups is 1. The lowest BCUT2D eigenvalue weighted by atomic mass is 10.2. The number of imidazole rings is 1. The number of nitrogens with two attached hydrogens (primary N) is 1. The van der Waals surface area contributed by atoms with Crippen LogP contribution in [0.4, 0.5) is 5.82 Å². The number of fused-ring (bicyclic) bond motifs is 1. The zero-order valence-electron chi connectivity index (χ0n) is 14.7. The highest BCUT2D eigenvalue weighted by Crippen LogP contribution is 2.66. The maximum Gasteiger partial charge on any atom is 0.485 e. The van der Waals surface area contributed by atoms with E-state index in [0.717, 1.165) is 0 Å². The van der Waals surface area contributed by atoms with Crippen molar-refractivity contribution >= 4 is 47.7 Å². The van der Waals surface area contributed by atoms with Crippen molar-refractivity contribution in [1.29, 1.82) is 0 Å². The van der Waals surface area contributed by atoms with Crippen molar-refractivity contribution in [3.05, 3.63) is 12.7 Å². The molecule has 3 rings (SSSR count). The smallest absolute Gasteiger partial charge is 0.443 e. The molecule has 1 saturated heterocycles. The van der Waals surface area contributed by atoms with Crippen LogP contribution in [0.25, 0.3) is 11.2 Å². The fourth-order valence-corrected chi connectivity index (χ4v) is 5.77. The summed E-state index contributed by atoms with van der Waals surface area (Å²) in [5, 5.41) is 10.2. The molecule has 30 heavy (non-hydrogen) atoms. The van der Waals surface area contributed by atoms with E-state index in [9.17, 15) is 23.7 Å². The van der Waals surface area contributed by atoms with Crippen LogP contribution in [0.5, 0.6) is 0 Å². The molecule has 16 nitrogen and oxygen atoms in total. The van der Waals surface area contributed by atoms with E-state index in [-0.39, 0.29) is 12.2 Å². The summed E-state index contributed by atoms with van der Waals surface area (Å²) >= 11 is 0. The molecule has 20 heteroatoms. The fourth-order valence-electron chi connectivity index (χ4n) is 2.61. The Balaban J connectivity index is 1.64. The lowest BCUT2D eigenvalue weighted by Crippen LogP contribution is -2.26. The molecule has 0 aromatic carbocycles. The first-order valence-corrected chi connectivity index (χ1v) is 12.5. The number of hydrogen-bond donors (Lipinski definition) is 5. The topological polar surface area (TPSA) is 239 Å². The minimum absolute atomic E-state index is 0.0406. The standard InChI is InChI=1S/C10H15BN5O11P3/c11-28(18,26-30(22,23)27-29(19,20)21)24-2-6-5(17)1-7(25-6)16-4-15-8-9(12)13-3-14-10(8)16/h3-7,17H,1-2H2,(H,22,23)(H2,12,13,14)(H2,19,20,21)/q-1/t5-,6+,7+,28-/m0/s1.